The van der Waals surface area contributed by atoms with Gasteiger partial charge in [-0.15, -0.1) is 6.58 Å². The number of morpholine rings is 1. The summed E-state index contributed by atoms with van der Waals surface area (Å²) >= 11 is 0. The standard InChI is InChI=1S/C40H50N6O12S/c1-6-23-19-40(23,37(51)43-59(54,55)27-9-10-27)42-33(48)31-18-26(57-34-28-11-7-24(56-5)17-22(28)15-16-41-34)21-45(31)35(49)29(46(38(52)53)39(2,3)4)13-14-32(47)44-20-25-8-12-30(44)36(50)58-25/h6-7,11,15-17,23,25-27,29-31H,1,8-10,12-14,18-21H2,2-5H3,(H,42,48)(H,43,51)(H,52,53)/t23-,25+,26?,29+,30+,31+,40-/m1/s1. The van der Waals surface area contributed by atoms with Crippen LogP contribution in [0.1, 0.15) is 72.1 Å². The molecule has 2 bridgehead atoms. The summed E-state index contributed by atoms with van der Waals surface area (Å²) in [7, 11) is -2.44. The highest BCUT2D eigenvalue weighted by atomic mass is 32.2. The van der Waals surface area contributed by atoms with Gasteiger partial charge in [0.25, 0.3) is 5.91 Å². The molecule has 2 aromatic rings. The van der Waals surface area contributed by atoms with E-state index in [4.69, 9.17) is 14.2 Å². The predicted octanol–water partition coefficient (Wildman–Crippen LogP) is 2.10. The van der Waals surface area contributed by atoms with E-state index in [-0.39, 0.29) is 44.7 Å². The van der Waals surface area contributed by atoms with Gasteiger partial charge in [0.15, 0.2) is 0 Å². The number of likely N-dealkylation sites (tertiary alicyclic amines) is 1. The third-order valence-corrected chi connectivity index (χ3v) is 13.7. The number of fused-ring (bicyclic) bond motifs is 4. The van der Waals surface area contributed by atoms with Crippen LogP contribution in [0.3, 0.4) is 0 Å². The monoisotopic (exact) mass is 838 g/mol. The molecule has 7 atom stereocenters. The minimum absolute atomic E-state index is 0.0612. The highest BCUT2D eigenvalue weighted by Gasteiger charge is 2.62. The first-order chi connectivity index (χ1) is 27.9. The smallest absolute Gasteiger partial charge is 0.408 e. The van der Waals surface area contributed by atoms with Crippen molar-refractivity contribution in [2.24, 2.45) is 5.92 Å². The van der Waals surface area contributed by atoms with Crippen LogP contribution in [-0.4, -0.2) is 136 Å². The Morgan fingerprint density at radius 2 is 1.86 bits per heavy atom. The molecule has 5 heterocycles. The van der Waals surface area contributed by atoms with Gasteiger partial charge in [-0.3, -0.25) is 28.8 Å². The van der Waals surface area contributed by atoms with Gasteiger partial charge in [0.05, 0.1) is 25.4 Å². The molecule has 318 valence electrons. The van der Waals surface area contributed by atoms with Crippen molar-refractivity contribution in [2.75, 3.05) is 20.2 Å². The number of piperidine rings is 1. The van der Waals surface area contributed by atoms with E-state index >= 15 is 0 Å². The molecule has 0 spiro atoms. The van der Waals surface area contributed by atoms with Crippen LogP contribution in [0.2, 0.25) is 0 Å². The zero-order chi connectivity index (χ0) is 42.6. The van der Waals surface area contributed by atoms with Crippen molar-refractivity contribution in [2.45, 2.75) is 119 Å². The maximum atomic E-state index is 15.0. The number of pyridine rings is 1. The zero-order valence-electron chi connectivity index (χ0n) is 33.4. The van der Waals surface area contributed by atoms with E-state index in [2.05, 4.69) is 21.6 Å². The second-order valence-electron chi connectivity index (χ2n) is 16.9. The Kier molecular flexibility index (Phi) is 11.0. The van der Waals surface area contributed by atoms with Crippen LogP contribution in [0.15, 0.2) is 43.1 Å². The van der Waals surface area contributed by atoms with E-state index < -0.39 is 98.3 Å². The summed E-state index contributed by atoms with van der Waals surface area (Å²) in [5.74, 6) is -3.25. The summed E-state index contributed by atoms with van der Waals surface area (Å²) in [6.07, 6.45) is 1.49. The van der Waals surface area contributed by atoms with Gasteiger partial charge < -0.3 is 34.4 Å². The van der Waals surface area contributed by atoms with Gasteiger partial charge >= 0.3 is 12.1 Å². The van der Waals surface area contributed by atoms with Crippen molar-refractivity contribution in [1.82, 2.24) is 29.7 Å². The maximum absolute atomic E-state index is 15.0. The number of aromatic nitrogens is 1. The number of nitrogens with one attached hydrogen (secondary N) is 2. The van der Waals surface area contributed by atoms with Gasteiger partial charge in [-0.05, 0) is 88.9 Å². The molecule has 19 heteroatoms. The number of carboxylic acid groups (broad SMARTS) is 1. The number of benzene rings is 1. The quantitative estimate of drug-likeness (QED) is 0.183. The van der Waals surface area contributed by atoms with Crippen LogP contribution in [0, 0.1) is 5.92 Å². The number of methoxy groups -OCH3 is 1. The largest absolute Gasteiger partial charge is 0.497 e. The second-order valence-corrected chi connectivity index (χ2v) is 18.9. The number of rotatable bonds is 14. The first-order valence-corrected chi connectivity index (χ1v) is 21.3. The number of sulfonamides is 1. The lowest BCUT2D eigenvalue weighted by molar-refractivity contribution is -0.181. The molecule has 2 saturated carbocycles. The number of nitrogens with zero attached hydrogens (tertiary/aromatic N) is 4. The average molecular weight is 839 g/mol. The Morgan fingerprint density at radius 1 is 1.12 bits per heavy atom. The number of amides is 5. The number of hydrogen-bond acceptors (Lipinski definition) is 12. The van der Waals surface area contributed by atoms with Crippen LogP contribution in [0.5, 0.6) is 11.6 Å². The molecule has 2 aliphatic carbocycles. The SMILES string of the molecule is C=C[C@@H]1C[C@]1(NC(=O)[C@@H]1CC(Oc2nccc3cc(OC)ccc23)CN1C(=O)[C@H](CCC(=O)N1C[C@@H]2CC[C@H]1C(=O)O2)N(C(=O)O)C(C)(C)C)C(=O)NS(=O)(=O)C1CC1. The van der Waals surface area contributed by atoms with Gasteiger partial charge in [-0.1, -0.05) is 6.08 Å². The lowest BCUT2D eigenvalue weighted by Gasteiger charge is -2.44. The normalized spacial score (nSPS) is 26.7. The molecule has 5 amide bonds. The summed E-state index contributed by atoms with van der Waals surface area (Å²) in [4.78, 5) is 90.2. The van der Waals surface area contributed by atoms with Gasteiger partial charge in [-0.2, -0.15) is 0 Å². The zero-order valence-corrected chi connectivity index (χ0v) is 34.2. The molecule has 3 N–H and O–H groups in total. The summed E-state index contributed by atoms with van der Waals surface area (Å²) in [5.41, 5.74) is -2.82. The third kappa shape index (κ3) is 8.25. The van der Waals surface area contributed by atoms with Crippen LogP contribution in [-0.2, 0) is 38.7 Å². The van der Waals surface area contributed by atoms with Gasteiger partial charge in [0, 0.05) is 35.9 Å². The number of esters is 1. The molecule has 4 saturated heterocycles. The Labute approximate surface area is 341 Å². The molecular weight excluding hydrogens is 789 g/mol. The minimum atomic E-state index is -3.98. The third-order valence-electron chi connectivity index (χ3n) is 11.9. The fraction of sp³-hybridized carbons (Fsp3) is 0.575. The summed E-state index contributed by atoms with van der Waals surface area (Å²) in [6, 6.07) is 3.47. The van der Waals surface area contributed by atoms with E-state index in [0.29, 0.717) is 36.8 Å². The van der Waals surface area contributed by atoms with Crippen LogP contribution >= 0.6 is 0 Å². The molecule has 18 nitrogen and oxygen atoms in total. The molecular formula is C40H50N6O12S. The Balaban J connectivity index is 1.19. The van der Waals surface area contributed by atoms with Crippen LogP contribution in [0.25, 0.3) is 10.8 Å². The molecule has 0 radical (unpaired) electrons. The lowest BCUT2D eigenvalue weighted by Crippen LogP contribution is -2.61. The predicted molar refractivity (Wildman–Crippen MR) is 209 cm³/mol. The second kappa shape index (κ2) is 15.6. The minimum Gasteiger partial charge on any atom is -0.497 e. The van der Waals surface area contributed by atoms with Gasteiger partial charge in [0.1, 0.15) is 41.6 Å². The van der Waals surface area contributed by atoms with Gasteiger partial charge in [-0.25, -0.2) is 23.0 Å². The summed E-state index contributed by atoms with van der Waals surface area (Å²) < 4.78 is 44.8. The highest BCUT2D eigenvalue weighted by molar-refractivity contribution is 7.91. The van der Waals surface area contributed by atoms with Crippen molar-refractivity contribution in [3.63, 3.8) is 0 Å². The Morgan fingerprint density at radius 3 is 2.47 bits per heavy atom. The molecule has 1 aromatic carbocycles. The van der Waals surface area contributed by atoms with Crippen LogP contribution < -0.4 is 19.5 Å². The number of carbonyl (C=O) groups is 6. The van der Waals surface area contributed by atoms with E-state index in [9.17, 15) is 42.3 Å². The summed E-state index contributed by atoms with van der Waals surface area (Å²) in [5, 5.41) is 14.0. The lowest BCUT2D eigenvalue weighted by atomic mass is 9.95. The molecule has 6 fully saturated rings. The van der Waals surface area contributed by atoms with Crippen molar-refractivity contribution in [3.8, 4) is 11.6 Å². The molecule has 4 aliphatic heterocycles. The van der Waals surface area contributed by atoms with E-state index in [1.54, 1.807) is 45.0 Å². The van der Waals surface area contributed by atoms with Gasteiger partial charge in [0.2, 0.25) is 33.6 Å². The first-order valence-electron chi connectivity index (χ1n) is 19.8. The topological polar surface area (TPSA) is 231 Å². The number of hydrogen-bond donors (Lipinski definition) is 3. The number of carbonyl (C=O) groups excluding carboxylic acids is 5. The molecule has 8 rings (SSSR count). The molecule has 1 unspecified atom stereocenters. The van der Waals surface area contributed by atoms with E-state index in [0.717, 1.165) is 10.3 Å². The molecule has 6 aliphatic rings. The van der Waals surface area contributed by atoms with Crippen molar-refractivity contribution < 1.29 is 56.5 Å². The average Bonchev–Trinajstić information content (AvgIpc) is 4.12. The van der Waals surface area contributed by atoms with Crippen molar-refractivity contribution in [1.29, 1.82) is 0 Å². The highest BCUT2D eigenvalue weighted by Crippen LogP contribution is 2.46. The Bertz CT molecular complexity index is 2190. The summed E-state index contributed by atoms with van der Waals surface area (Å²) in [6.45, 7) is 8.54. The Hall–Kier alpha value is -5.46. The molecule has 1 aromatic heterocycles. The fourth-order valence-electron chi connectivity index (χ4n) is 8.54. The first kappa shape index (κ1) is 41.7. The van der Waals surface area contributed by atoms with E-state index in [1.807, 2.05) is 0 Å². The van der Waals surface area contributed by atoms with Crippen molar-refractivity contribution in [3.05, 3.63) is 43.1 Å². The van der Waals surface area contributed by atoms with Crippen molar-refractivity contribution >= 4 is 56.5 Å². The van der Waals surface area contributed by atoms with E-state index in [1.165, 1.54) is 29.2 Å². The molecule has 59 heavy (non-hydrogen) atoms. The maximum Gasteiger partial charge on any atom is 0.408 e. The van der Waals surface area contributed by atoms with Crippen LogP contribution in [0.4, 0.5) is 4.79 Å². The number of ether oxygens (including phenoxy) is 3. The fourth-order valence-corrected chi connectivity index (χ4v) is 9.91.